The second-order valence-corrected chi connectivity index (χ2v) is 5.99. The fourth-order valence-corrected chi connectivity index (χ4v) is 2.94. The van der Waals surface area contributed by atoms with E-state index in [1.807, 2.05) is 0 Å². The predicted octanol–water partition coefficient (Wildman–Crippen LogP) is 3.24. The highest BCUT2D eigenvalue weighted by molar-refractivity contribution is 5.56. The van der Waals surface area contributed by atoms with Crippen LogP contribution in [0.4, 0.5) is 5.69 Å². The zero-order valence-electron chi connectivity index (χ0n) is 11.8. The molecule has 1 aromatic carbocycles. The zero-order chi connectivity index (χ0) is 13.2. The van der Waals surface area contributed by atoms with E-state index in [2.05, 4.69) is 49.9 Å². The smallest absolute Gasteiger partial charge is 0.0476 e. The Hall–Kier alpha value is -1.02. The Kier molecular flexibility index (Phi) is 3.96. The number of aryl methyl sites for hydroxylation is 1. The molecule has 1 heterocycles. The summed E-state index contributed by atoms with van der Waals surface area (Å²) in [4.78, 5) is 2.50. The van der Waals surface area contributed by atoms with Crippen LogP contribution in [-0.2, 0) is 6.42 Å². The quantitative estimate of drug-likeness (QED) is 0.886. The van der Waals surface area contributed by atoms with E-state index in [4.69, 9.17) is 0 Å². The van der Waals surface area contributed by atoms with Crippen molar-refractivity contribution in [1.29, 1.82) is 0 Å². The second-order valence-electron chi connectivity index (χ2n) is 5.99. The van der Waals surface area contributed by atoms with Crippen LogP contribution in [0.15, 0.2) is 24.3 Å². The summed E-state index contributed by atoms with van der Waals surface area (Å²) in [6.07, 6.45) is 3.34. The number of aliphatic hydroxyl groups excluding tert-OH is 1. The number of anilines is 1. The molecular formula is C16H25NO. The fourth-order valence-electron chi connectivity index (χ4n) is 2.94. The number of rotatable bonds is 3. The van der Waals surface area contributed by atoms with Crippen LogP contribution in [-0.4, -0.2) is 23.8 Å². The van der Waals surface area contributed by atoms with Gasteiger partial charge in [0.15, 0.2) is 0 Å². The minimum absolute atomic E-state index is 0.191. The molecule has 0 aliphatic carbocycles. The molecule has 1 aliphatic rings. The first-order valence-corrected chi connectivity index (χ1v) is 7.05. The molecule has 2 nitrogen and oxygen atoms in total. The molecule has 1 aromatic rings. The molecule has 100 valence electrons. The van der Waals surface area contributed by atoms with Crippen molar-refractivity contribution in [3.05, 3.63) is 29.8 Å². The van der Waals surface area contributed by atoms with Crippen molar-refractivity contribution in [2.75, 3.05) is 18.1 Å². The largest absolute Gasteiger partial charge is 0.396 e. The van der Waals surface area contributed by atoms with E-state index in [-0.39, 0.29) is 5.54 Å². The lowest BCUT2D eigenvalue weighted by Crippen LogP contribution is -2.51. The normalized spacial score (nSPS) is 23.1. The number of hydrogen-bond donors (Lipinski definition) is 1. The SMILES string of the molecule is CCc1ccccc1N1CC(CO)CCC1(C)C. The van der Waals surface area contributed by atoms with Gasteiger partial charge in [-0.2, -0.15) is 0 Å². The molecule has 1 N–H and O–H groups in total. The highest BCUT2D eigenvalue weighted by Gasteiger charge is 2.34. The van der Waals surface area contributed by atoms with Crippen LogP contribution in [0.25, 0.3) is 0 Å². The van der Waals surface area contributed by atoms with E-state index in [0.29, 0.717) is 12.5 Å². The maximum atomic E-state index is 9.43. The van der Waals surface area contributed by atoms with Crippen molar-refractivity contribution in [2.45, 2.75) is 45.6 Å². The number of piperidine rings is 1. The highest BCUT2D eigenvalue weighted by atomic mass is 16.3. The third-order valence-electron chi connectivity index (χ3n) is 4.26. The van der Waals surface area contributed by atoms with E-state index in [9.17, 15) is 5.11 Å². The summed E-state index contributed by atoms with van der Waals surface area (Å²) in [7, 11) is 0. The van der Waals surface area contributed by atoms with Gasteiger partial charge in [0, 0.05) is 24.4 Å². The summed E-state index contributed by atoms with van der Waals surface area (Å²) in [5.41, 5.74) is 2.95. The number of para-hydroxylation sites is 1. The molecule has 1 atom stereocenters. The van der Waals surface area contributed by atoms with Gasteiger partial charge in [-0.1, -0.05) is 25.1 Å². The fraction of sp³-hybridized carbons (Fsp3) is 0.625. The Morgan fingerprint density at radius 3 is 2.72 bits per heavy atom. The van der Waals surface area contributed by atoms with Crippen molar-refractivity contribution >= 4 is 5.69 Å². The minimum atomic E-state index is 0.191. The van der Waals surface area contributed by atoms with Crippen LogP contribution < -0.4 is 4.90 Å². The Morgan fingerprint density at radius 1 is 1.33 bits per heavy atom. The van der Waals surface area contributed by atoms with Crippen LogP contribution in [0.2, 0.25) is 0 Å². The Bertz CT molecular complexity index is 400. The molecular weight excluding hydrogens is 222 g/mol. The number of aliphatic hydroxyl groups is 1. The van der Waals surface area contributed by atoms with Gasteiger partial charge in [-0.15, -0.1) is 0 Å². The Morgan fingerprint density at radius 2 is 2.06 bits per heavy atom. The first kappa shape index (κ1) is 13.4. The summed E-state index contributed by atoms with van der Waals surface area (Å²) >= 11 is 0. The van der Waals surface area contributed by atoms with Crippen LogP contribution in [0.1, 0.15) is 39.2 Å². The third kappa shape index (κ3) is 2.54. The lowest BCUT2D eigenvalue weighted by atomic mass is 9.84. The topological polar surface area (TPSA) is 23.5 Å². The van der Waals surface area contributed by atoms with E-state index >= 15 is 0 Å². The third-order valence-corrected chi connectivity index (χ3v) is 4.26. The van der Waals surface area contributed by atoms with Crippen molar-refractivity contribution in [3.63, 3.8) is 0 Å². The van der Waals surface area contributed by atoms with Gasteiger partial charge in [0.2, 0.25) is 0 Å². The van der Waals surface area contributed by atoms with Gasteiger partial charge >= 0.3 is 0 Å². The average Bonchev–Trinajstić information content (AvgIpc) is 2.38. The molecule has 18 heavy (non-hydrogen) atoms. The van der Waals surface area contributed by atoms with Gasteiger partial charge < -0.3 is 10.0 Å². The molecule has 2 heteroatoms. The lowest BCUT2D eigenvalue weighted by Gasteiger charge is -2.47. The summed E-state index contributed by atoms with van der Waals surface area (Å²) in [5, 5.41) is 9.43. The molecule has 0 bridgehead atoms. The van der Waals surface area contributed by atoms with E-state index in [1.54, 1.807) is 0 Å². The van der Waals surface area contributed by atoms with Gasteiger partial charge in [-0.25, -0.2) is 0 Å². The van der Waals surface area contributed by atoms with Crippen molar-refractivity contribution < 1.29 is 5.11 Å². The molecule has 1 fully saturated rings. The van der Waals surface area contributed by atoms with Crippen molar-refractivity contribution in [3.8, 4) is 0 Å². The standard InChI is InChI=1S/C16H25NO/c1-4-14-7-5-6-8-15(14)17-11-13(12-18)9-10-16(17,2)3/h5-8,13,18H,4,9-12H2,1-3H3. The monoisotopic (exact) mass is 247 g/mol. The molecule has 1 saturated heterocycles. The molecule has 0 amide bonds. The van der Waals surface area contributed by atoms with Crippen LogP contribution in [0, 0.1) is 5.92 Å². The zero-order valence-corrected chi connectivity index (χ0v) is 11.8. The van der Waals surface area contributed by atoms with Crippen LogP contribution in [0.5, 0.6) is 0 Å². The summed E-state index contributed by atoms with van der Waals surface area (Å²) in [5.74, 6) is 0.419. The molecule has 0 radical (unpaired) electrons. The van der Waals surface area contributed by atoms with E-state index in [0.717, 1.165) is 25.8 Å². The maximum absolute atomic E-state index is 9.43. The lowest BCUT2D eigenvalue weighted by molar-refractivity contribution is 0.181. The van der Waals surface area contributed by atoms with E-state index in [1.165, 1.54) is 11.3 Å². The number of hydrogen-bond acceptors (Lipinski definition) is 2. The second kappa shape index (κ2) is 5.31. The predicted molar refractivity (Wildman–Crippen MR) is 77.1 cm³/mol. The Labute approximate surface area is 111 Å². The first-order valence-electron chi connectivity index (χ1n) is 7.05. The molecule has 0 saturated carbocycles. The summed E-state index contributed by atoms with van der Waals surface area (Å²) < 4.78 is 0. The van der Waals surface area contributed by atoms with Crippen molar-refractivity contribution in [2.24, 2.45) is 5.92 Å². The van der Waals surface area contributed by atoms with Crippen molar-refractivity contribution in [1.82, 2.24) is 0 Å². The molecule has 1 aliphatic heterocycles. The average molecular weight is 247 g/mol. The van der Waals surface area contributed by atoms with Gasteiger partial charge in [0.25, 0.3) is 0 Å². The highest BCUT2D eigenvalue weighted by Crippen LogP contribution is 2.36. The van der Waals surface area contributed by atoms with Gasteiger partial charge in [0.1, 0.15) is 0 Å². The van der Waals surface area contributed by atoms with Gasteiger partial charge in [-0.05, 0) is 50.7 Å². The molecule has 0 aromatic heterocycles. The molecule has 0 spiro atoms. The van der Waals surface area contributed by atoms with Crippen LogP contribution >= 0.6 is 0 Å². The van der Waals surface area contributed by atoms with Gasteiger partial charge in [-0.3, -0.25) is 0 Å². The first-order chi connectivity index (χ1) is 8.58. The number of benzene rings is 1. The minimum Gasteiger partial charge on any atom is -0.396 e. The maximum Gasteiger partial charge on any atom is 0.0476 e. The van der Waals surface area contributed by atoms with Gasteiger partial charge in [0.05, 0.1) is 0 Å². The van der Waals surface area contributed by atoms with E-state index < -0.39 is 0 Å². The summed E-state index contributed by atoms with van der Waals surface area (Å²) in [6, 6.07) is 8.67. The molecule has 2 rings (SSSR count). The summed E-state index contributed by atoms with van der Waals surface area (Å²) in [6.45, 7) is 8.11. The Balaban J connectivity index is 2.33. The number of nitrogens with zero attached hydrogens (tertiary/aromatic N) is 1. The van der Waals surface area contributed by atoms with Crippen LogP contribution in [0.3, 0.4) is 0 Å². The molecule has 1 unspecified atom stereocenters.